The van der Waals surface area contributed by atoms with E-state index in [9.17, 15) is 13.2 Å². The molecule has 0 saturated heterocycles. The second-order valence-corrected chi connectivity index (χ2v) is 11.3. The second kappa shape index (κ2) is 11.8. The van der Waals surface area contributed by atoms with E-state index in [1.54, 1.807) is 50.2 Å². The van der Waals surface area contributed by atoms with Gasteiger partial charge in [0.25, 0.3) is 5.91 Å². The molecular weight excluding hydrogens is 575 g/mol. The fraction of sp³-hybridized carbons (Fsp3) is 0.240. The third-order valence-corrected chi connectivity index (χ3v) is 8.75. The van der Waals surface area contributed by atoms with Crippen molar-refractivity contribution in [1.82, 2.24) is 9.62 Å². The number of nitrogens with zero attached hydrogens (tertiary/aromatic N) is 1. The summed E-state index contributed by atoms with van der Waals surface area (Å²) in [6.07, 6.45) is 0. The lowest BCUT2D eigenvalue weighted by atomic mass is 10.1. The molecule has 3 aromatic carbocycles. The van der Waals surface area contributed by atoms with Crippen molar-refractivity contribution in [3.8, 4) is 11.5 Å². The number of aryl methyl sites for hydroxylation is 1. The first-order chi connectivity index (χ1) is 16.6. The maximum absolute atomic E-state index is 13.0. The number of nitrogens with one attached hydrogen (secondary N) is 1. The summed E-state index contributed by atoms with van der Waals surface area (Å²) < 4.78 is 33.6. The third-order valence-electron chi connectivity index (χ3n) is 5.35. The minimum atomic E-state index is -3.71. The van der Waals surface area contributed by atoms with E-state index in [0.717, 1.165) is 5.56 Å². The summed E-state index contributed by atoms with van der Waals surface area (Å²) >= 11 is 15.6. The van der Waals surface area contributed by atoms with Crippen LogP contribution in [0.15, 0.2) is 64.0 Å². The highest BCUT2D eigenvalue weighted by molar-refractivity contribution is 9.10. The highest BCUT2D eigenvalue weighted by atomic mass is 79.9. The van der Waals surface area contributed by atoms with E-state index in [4.69, 9.17) is 27.9 Å². The Labute approximate surface area is 224 Å². The number of halogens is 3. The van der Waals surface area contributed by atoms with Crippen LogP contribution in [0, 0.1) is 6.92 Å². The molecular formula is C25H25BrCl2N2O4S. The van der Waals surface area contributed by atoms with E-state index >= 15 is 0 Å². The molecule has 10 heteroatoms. The van der Waals surface area contributed by atoms with Gasteiger partial charge in [-0.25, -0.2) is 8.42 Å². The highest BCUT2D eigenvalue weighted by Gasteiger charge is 2.24. The van der Waals surface area contributed by atoms with Gasteiger partial charge in [0, 0.05) is 39.7 Å². The van der Waals surface area contributed by atoms with Crippen LogP contribution in [-0.4, -0.2) is 31.7 Å². The highest BCUT2D eigenvalue weighted by Crippen LogP contribution is 2.31. The van der Waals surface area contributed by atoms with E-state index in [1.165, 1.54) is 16.4 Å². The first-order valence-electron chi connectivity index (χ1n) is 10.9. The number of rotatable bonds is 9. The summed E-state index contributed by atoms with van der Waals surface area (Å²) in [6, 6.07) is 14.9. The molecule has 3 aromatic rings. The Bertz CT molecular complexity index is 1350. The van der Waals surface area contributed by atoms with Gasteiger partial charge in [0.15, 0.2) is 0 Å². The summed E-state index contributed by atoms with van der Waals surface area (Å²) in [5.74, 6) is 0.631. The van der Waals surface area contributed by atoms with Gasteiger partial charge in [0.1, 0.15) is 11.5 Å². The van der Waals surface area contributed by atoms with Crippen LogP contribution in [0.5, 0.6) is 11.5 Å². The van der Waals surface area contributed by atoms with Crippen LogP contribution in [0.25, 0.3) is 0 Å². The van der Waals surface area contributed by atoms with Gasteiger partial charge in [-0.15, -0.1) is 0 Å². The van der Waals surface area contributed by atoms with E-state index in [2.05, 4.69) is 21.2 Å². The van der Waals surface area contributed by atoms with Crippen LogP contribution in [-0.2, 0) is 16.6 Å². The molecule has 0 spiro atoms. The van der Waals surface area contributed by atoms with Gasteiger partial charge in [0.2, 0.25) is 10.0 Å². The van der Waals surface area contributed by atoms with Crippen molar-refractivity contribution in [3.05, 3.63) is 85.8 Å². The Morgan fingerprint density at radius 1 is 1.03 bits per heavy atom. The number of hydrogen-bond donors (Lipinski definition) is 1. The Morgan fingerprint density at radius 3 is 2.40 bits per heavy atom. The Balaban J connectivity index is 1.83. The zero-order chi connectivity index (χ0) is 25.8. The molecule has 1 N–H and O–H groups in total. The van der Waals surface area contributed by atoms with Gasteiger partial charge in [-0.3, -0.25) is 4.79 Å². The molecule has 0 aliphatic carbocycles. The van der Waals surface area contributed by atoms with Crippen LogP contribution in [0.4, 0.5) is 0 Å². The largest absolute Gasteiger partial charge is 0.457 e. The Hall–Kier alpha value is -2.10. The maximum Gasteiger partial charge on any atom is 0.252 e. The smallest absolute Gasteiger partial charge is 0.252 e. The minimum absolute atomic E-state index is 0.0585. The van der Waals surface area contributed by atoms with Crippen LogP contribution in [0.1, 0.15) is 35.3 Å². The van der Waals surface area contributed by atoms with Gasteiger partial charge >= 0.3 is 0 Å². The molecule has 0 bridgehead atoms. The third kappa shape index (κ3) is 6.57. The van der Waals surface area contributed by atoms with Crippen molar-refractivity contribution < 1.29 is 17.9 Å². The van der Waals surface area contributed by atoms with E-state index in [1.807, 2.05) is 13.0 Å². The van der Waals surface area contributed by atoms with Crippen molar-refractivity contribution >= 4 is 55.1 Å². The number of hydrogen-bond acceptors (Lipinski definition) is 4. The van der Waals surface area contributed by atoms with Gasteiger partial charge < -0.3 is 10.1 Å². The zero-order valence-electron chi connectivity index (χ0n) is 19.4. The molecule has 6 nitrogen and oxygen atoms in total. The summed E-state index contributed by atoms with van der Waals surface area (Å²) in [5.41, 5.74) is 1.77. The molecule has 0 radical (unpaired) electrons. The lowest BCUT2D eigenvalue weighted by Crippen LogP contribution is -2.31. The van der Waals surface area contributed by atoms with Crippen molar-refractivity contribution in [3.63, 3.8) is 0 Å². The fourth-order valence-corrected chi connectivity index (χ4v) is 5.59. The monoisotopic (exact) mass is 598 g/mol. The normalized spacial score (nSPS) is 11.5. The minimum Gasteiger partial charge on any atom is -0.457 e. The maximum atomic E-state index is 13.0. The lowest BCUT2D eigenvalue weighted by molar-refractivity contribution is 0.0949. The van der Waals surface area contributed by atoms with Gasteiger partial charge in [-0.2, -0.15) is 4.31 Å². The van der Waals surface area contributed by atoms with Crippen LogP contribution in [0.2, 0.25) is 10.0 Å². The molecule has 0 saturated carbocycles. The first kappa shape index (κ1) is 27.5. The first-order valence-corrected chi connectivity index (χ1v) is 13.9. The number of ether oxygens (including phenoxy) is 1. The van der Waals surface area contributed by atoms with Crippen LogP contribution in [0.3, 0.4) is 0 Å². The van der Waals surface area contributed by atoms with Crippen molar-refractivity contribution in [2.45, 2.75) is 32.2 Å². The van der Waals surface area contributed by atoms with Crippen LogP contribution < -0.4 is 10.1 Å². The van der Waals surface area contributed by atoms with E-state index in [-0.39, 0.29) is 17.0 Å². The molecule has 0 aliphatic heterocycles. The predicted octanol–water partition coefficient (Wildman–Crippen LogP) is 6.82. The molecule has 0 atom stereocenters. The van der Waals surface area contributed by atoms with Gasteiger partial charge in [-0.1, -0.05) is 43.1 Å². The summed E-state index contributed by atoms with van der Waals surface area (Å²) in [5, 5.41) is 3.95. The molecule has 0 aliphatic rings. The van der Waals surface area contributed by atoms with Crippen molar-refractivity contribution in [1.29, 1.82) is 0 Å². The number of amides is 1. The average Bonchev–Trinajstić information content (AvgIpc) is 2.81. The predicted molar refractivity (Wildman–Crippen MR) is 143 cm³/mol. The zero-order valence-corrected chi connectivity index (χ0v) is 23.4. The number of carbonyl (C=O) groups excluding carboxylic acids is 1. The Morgan fingerprint density at radius 2 is 1.74 bits per heavy atom. The van der Waals surface area contributed by atoms with Gasteiger partial charge in [-0.05, 0) is 76.9 Å². The molecule has 186 valence electrons. The van der Waals surface area contributed by atoms with Gasteiger partial charge in [0.05, 0.1) is 10.5 Å². The molecule has 0 fully saturated rings. The van der Waals surface area contributed by atoms with Crippen molar-refractivity contribution in [2.75, 3.05) is 13.1 Å². The van der Waals surface area contributed by atoms with Crippen molar-refractivity contribution in [2.24, 2.45) is 0 Å². The quantitative estimate of drug-likeness (QED) is 0.293. The summed E-state index contributed by atoms with van der Waals surface area (Å²) in [4.78, 5) is 13.1. The second-order valence-electron chi connectivity index (χ2n) is 7.68. The summed E-state index contributed by atoms with van der Waals surface area (Å²) in [7, 11) is -3.71. The molecule has 35 heavy (non-hydrogen) atoms. The van der Waals surface area contributed by atoms with E-state index in [0.29, 0.717) is 44.7 Å². The number of sulfonamides is 1. The summed E-state index contributed by atoms with van der Waals surface area (Å²) in [6.45, 7) is 6.22. The lowest BCUT2D eigenvalue weighted by Gasteiger charge is -2.19. The Kier molecular flexibility index (Phi) is 9.23. The number of benzene rings is 3. The molecule has 1 amide bonds. The fourth-order valence-electron chi connectivity index (χ4n) is 3.40. The SMILES string of the molecule is CCN(CC)S(=O)(=O)c1ccc(Br)c(C(=O)NCc2ccc(Cl)cc2Oc2ccc(Cl)c(C)c2)c1. The number of carbonyl (C=O) groups is 1. The molecule has 0 aromatic heterocycles. The molecule has 0 unspecified atom stereocenters. The average molecular weight is 600 g/mol. The molecule has 0 heterocycles. The standard InChI is InChI=1S/C25H25BrCl2N2O4S/c1-4-30(5-2)35(32,33)20-9-10-22(26)21(14-20)25(31)29-15-17-6-7-18(27)13-24(17)34-19-8-11-23(28)16(3)12-19/h6-14H,4-5,15H2,1-3H3,(H,29,31). The van der Waals surface area contributed by atoms with Crippen LogP contribution >= 0.6 is 39.1 Å². The topological polar surface area (TPSA) is 75.7 Å². The van der Waals surface area contributed by atoms with E-state index < -0.39 is 15.9 Å². The molecule has 3 rings (SSSR count).